The van der Waals surface area contributed by atoms with Gasteiger partial charge in [-0.05, 0) is 78.0 Å². The lowest BCUT2D eigenvalue weighted by Gasteiger charge is -2.41. The number of alkyl carbamates (subject to hydrolysis) is 1. The Labute approximate surface area is 200 Å². The van der Waals surface area contributed by atoms with E-state index in [1.54, 1.807) is 13.8 Å². The largest absolute Gasteiger partial charge is 0.444 e. The average Bonchev–Trinajstić information content (AvgIpc) is 3.05. The van der Waals surface area contributed by atoms with Crippen molar-refractivity contribution < 1.29 is 22.5 Å². The number of nitrogens with zero attached hydrogens (tertiary/aromatic N) is 1. The average molecular weight is 498 g/mol. The molecule has 8 nitrogen and oxygen atoms in total. The molecule has 1 saturated carbocycles. The Morgan fingerprint density at radius 3 is 2.48 bits per heavy atom. The Balaban J connectivity index is 1.75. The molecule has 3 rings (SSSR count). The molecule has 10 heteroatoms. The van der Waals surface area contributed by atoms with Crippen molar-refractivity contribution >= 4 is 27.7 Å². The molecule has 1 aromatic carbocycles. The van der Waals surface area contributed by atoms with Crippen LogP contribution in [0, 0.1) is 13.8 Å². The number of carbonyl (C=O) groups is 1. The van der Waals surface area contributed by atoms with Crippen molar-refractivity contribution in [3.8, 4) is 0 Å². The van der Waals surface area contributed by atoms with E-state index in [4.69, 9.17) is 20.9 Å². The summed E-state index contributed by atoms with van der Waals surface area (Å²) < 4.78 is 39.1. The normalized spacial score (nSPS) is 21.6. The maximum atomic E-state index is 12.9. The van der Waals surface area contributed by atoms with Crippen molar-refractivity contribution in [2.24, 2.45) is 0 Å². The van der Waals surface area contributed by atoms with Gasteiger partial charge >= 0.3 is 6.09 Å². The molecule has 2 aromatic rings. The molecule has 0 spiro atoms. The summed E-state index contributed by atoms with van der Waals surface area (Å²) in [4.78, 5) is 12.4. The number of hydrogen-bond donors (Lipinski definition) is 2. The fourth-order valence-corrected chi connectivity index (χ4v) is 6.19. The molecule has 0 aliphatic heterocycles. The van der Waals surface area contributed by atoms with E-state index in [0.717, 1.165) is 5.56 Å². The number of sulfonamides is 1. The topological polar surface area (TPSA) is 111 Å². The van der Waals surface area contributed by atoms with Gasteiger partial charge in [0.2, 0.25) is 10.0 Å². The van der Waals surface area contributed by atoms with Crippen LogP contribution in [0.4, 0.5) is 4.79 Å². The molecule has 33 heavy (non-hydrogen) atoms. The van der Waals surface area contributed by atoms with Gasteiger partial charge in [0.05, 0.1) is 0 Å². The van der Waals surface area contributed by atoms with Gasteiger partial charge in [0, 0.05) is 23.0 Å². The summed E-state index contributed by atoms with van der Waals surface area (Å²) in [6.45, 7) is 9.01. The van der Waals surface area contributed by atoms with E-state index in [0.29, 0.717) is 42.9 Å². The second-order valence-electron chi connectivity index (χ2n) is 9.69. The number of aromatic nitrogens is 1. The molecule has 1 aromatic heterocycles. The van der Waals surface area contributed by atoms with Crippen molar-refractivity contribution in [3.63, 3.8) is 0 Å². The van der Waals surface area contributed by atoms with Crippen LogP contribution < -0.4 is 10.0 Å². The molecule has 0 atom stereocenters. The third kappa shape index (κ3) is 6.28. The van der Waals surface area contributed by atoms with E-state index < -0.39 is 21.7 Å². The summed E-state index contributed by atoms with van der Waals surface area (Å²) >= 11 is 6.26. The number of nitrogens with one attached hydrogen (secondary N) is 2. The van der Waals surface area contributed by atoms with Gasteiger partial charge in [-0.25, -0.2) is 17.9 Å². The standard InChI is InChI=1S/C23H32ClN3O5S/c1-15-20(16(2)32-26-15)33(29,30)27-19-9-11-23(12-10-19,17-7-6-8-18(24)13-17)14-25-21(28)31-22(3,4)5/h6-8,13,19,27H,9-12,14H2,1-5H3,(H,25,28)/t19-,23-. The third-order valence-electron chi connectivity index (χ3n) is 5.91. The summed E-state index contributed by atoms with van der Waals surface area (Å²) in [5.74, 6) is 0.269. The van der Waals surface area contributed by atoms with Crippen LogP contribution >= 0.6 is 11.6 Å². The maximum Gasteiger partial charge on any atom is 0.407 e. The number of ether oxygens (including phenoxy) is 1. The second kappa shape index (κ2) is 9.64. The van der Waals surface area contributed by atoms with Crippen LogP contribution in [0.5, 0.6) is 0 Å². The number of halogens is 1. The highest BCUT2D eigenvalue weighted by atomic mass is 35.5. The van der Waals surface area contributed by atoms with E-state index >= 15 is 0 Å². The van der Waals surface area contributed by atoms with E-state index in [1.807, 2.05) is 45.0 Å². The number of hydrogen-bond acceptors (Lipinski definition) is 6. The number of rotatable bonds is 6. The molecule has 1 amide bonds. The molecular weight excluding hydrogens is 466 g/mol. The molecule has 1 aliphatic rings. The Bertz CT molecular complexity index is 1080. The molecule has 1 fully saturated rings. The van der Waals surface area contributed by atoms with E-state index in [-0.39, 0.29) is 22.1 Å². The van der Waals surface area contributed by atoms with Crippen LogP contribution in [0.25, 0.3) is 0 Å². The van der Waals surface area contributed by atoms with Gasteiger partial charge in [-0.1, -0.05) is 28.9 Å². The quantitative estimate of drug-likeness (QED) is 0.602. The monoisotopic (exact) mass is 497 g/mol. The minimum atomic E-state index is -3.75. The Morgan fingerprint density at radius 2 is 1.94 bits per heavy atom. The lowest BCUT2D eigenvalue weighted by Crippen LogP contribution is -2.48. The van der Waals surface area contributed by atoms with E-state index in [2.05, 4.69) is 15.2 Å². The Hall–Kier alpha value is -2.10. The van der Waals surface area contributed by atoms with Crippen molar-refractivity contribution in [3.05, 3.63) is 46.3 Å². The number of aryl methyl sites for hydroxylation is 2. The minimum Gasteiger partial charge on any atom is -0.444 e. The zero-order valence-corrected chi connectivity index (χ0v) is 21.3. The van der Waals surface area contributed by atoms with Crippen LogP contribution in [0.1, 0.15) is 63.5 Å². The number of carbonyl (C=O) groups excluding carboxylic acids is 1. The summed E-state index contributed by atoms with van der Waals surface area (Å²) in [6, 6.07) is 7.37. The Morgan fingerprint density at radius 1 is 1.27 bits per heavy atom. The molecule has 2 N–H and O–H groups in total. The van der Waals surface area contributed by atoms with Crippen molar-refractivity contribution in [2.45, 2.75) is 82.3 Å². The van der Waals surface area contributed by atoms with Gasteiger partial charge < -0.3 is 14.6 Å². The number of amides is 1. The zero-order valence-electron chi connectivity index (χ0n) is 19.7. The van der Waals surface area contributed by atoms with Gasteiger partial charge in [-0.2, -0.15) is 0 Å². The molecule has 0 radical (unpaired) electrons. The molecule has 182 valence electrons. The third-order valence-corrected chi connectivity index (χ3v) is 7.91. The highest BCUT2D eigenvalue weighted by Gasteiger charge is 2.39. The molecule has 1 aliphatic carbocycles. The summed E-state index contributed by atoms with van der Waals surface area (Å²) in [5, 5.41) is 7.27. The highest BCUT2D eigenvalue weighted by Crippen LogP contribution is 2.40. The molecular formula is C23H32ClN3O5S. The predicted molar refractivity (Wildman–Crippen MR) is 126 cm³/mol. The molecule has 0 saturated heterocycles. The lowest BCUT2D eigenvalue weighted by molar-refractivity contribution is 0.0506. The molecule has 0 unspecified atom stereocenters. The zero-order chi connectivity index (χ0) is 24.4. The van der Waals surface area contributed by atoms with Crippen molar-refractivity contribution in [1.29, 1.82) is 0 Å². The first kappa shape index (κ1) is 25.5. The SMILES string of the molecule is Cc1noc(C)c1S(=O)(=O)N[C@H]1CC[C@](CNC(=O)OC(C)(C)C)(c2cccc(Cl)c2)CC1. The highest BCUT2D eigenvalue weighted by molar-refractivity contribution is 7.89. The van der Waals surface area contributed by atoms with Crippen LogP contribution in [-0.4, -0.2) is 37.9 Å². The summed E-state index contributed by atoms with van der Waals surface area (Å²) in [7, 11) is -3.75. The van der Waals surface area contributed by atoms with E-state index in [9.17, 15) is 13.2 Å². The summed E-state index contributed by atoms with van der Waals surface area (Å²) in [5.41, 5.74) is 0.373. The predicted octanol–water partition coefficient (Wildman–Crippen LogP) is 4.63. The number of benzene rings is 1. The van der Waals surface area contributed by atoms with Crippen LogP contribution in [0.2, 0.25) is 5.02 Å². The van der Waals surface area contributed by atoms with Crippen molar-refractivity contribution in [2.75, 3.05) is 6.54 Å². The van der Waals surface area contributed by atoms with Gasteiger partial charge in [0.25, 0.3) is 0 Å². The summed E-state index contributed by atoms with van der Waals surface area (Å²) in [6.07, 6.45) is 2.05. The first-order valence-electron chi connectivity index (χ1n) is 11.0. The Kier molecular flexibility index (Phi) is 7.45. The van der Waals surface area contributed by atoms with E-state index in [1.165, 1.54) is 0 Å². The van der Waals surface area contributed by atoms with Crippen LogP contribution in [0.3, 0.4) is 0 Å². The van der Waals surface area contributed by atoms with Crippen LogP contribution in [0.15, 0.2) is 33.7 Å². The van der Waals surface area contributed by atoms with Gasteiger partial charge in [0.15, 0.2) is 5.76 Å². The smallest absolute Gasteiger partial charge is 0.407 e. The van der Waals surface area contributed by atoms with Crippen molar-refractivity contribution in [1.82, 2.24) is 15.2 Å². The first-order valence-corrected chi connectivity index (χ1v) is 12.9. The first-order chi connectivity index (χ1) is 15.3. The lowest BCUT2D eigenvalue weighted by atomic mass is 9.68. The van der Waals surface area contributed by atoms with Gasteiger partial charge in [-0.3, -0.25) is 0 Å². The fourth-order valence-electron chi connectivity index (χ4n) is 4.37. The van der Waals surface area contributed by atoms with Gasteiger partial charge in [0.1, 0.15) is 16.2 Å². The maximum absolute atomic E-state index is 12.9. The fraction of sp³-hybridized carbons (Fsp3) is 0.565. The molecule has 0 bridgehead atoms. The van der Waals surface area contributed by atoms with Gasteiger partial charge in [-0.15, -0.1) is 0 Å². The second-order valence-corrected chi connectivity index (χ2v) is 11.8. The van der Waals surface area contributed by atoms with Crippen LogP contribution in [-0.2, 0) is 20.2 Å². The minimum absolute atomic E-state index is 0.0979. The molecule has 1 heterocycles.